The summed E-state index contributed by atoms with van der Waals surface area (Å²) in [5.74, 6) is 1.09. The lowest BCUT2D eigenvalue weighted by atomic mass is 9.73. The topological polar surface area (TPSA) is 119 Å². The Balaban J connectivity index is 1.21. The van der Waals surface area contributed by atoms with Gasteiger partial charge in [0.05, 0.1) is 11.9 Å². The molecule has 0 saturated carbocycles. The summed E-state index contributed by atoms with van der Waals surface area (Å²) in [6.07, 6.45) is 5.11. The van der Waals surface area contributed by atoms with E-state index in [1.807, 2.05) is 23.7 Å². The Morgan fingerprint density at radius 2 is 1.94 bits per heavy atom. The molecule has 1 atom stereocenters. The number of amides is 1. The summed E-state index contributed by atoms with van der Waals surface area (Å²) in [7, 11) is 0. The summed E-state index contributed by atoms with van der Waals surface area (Å²) < 4.78 is 15.6. The first-order valence-corrected chi connectivity index (χ1v) is 12.1. The quantitative estimate of drug-likeness (QED) is 0.583. The number of benzene rings is 1. The van der Waals surface area contributed by atoms with Crippen LogP contribution in [0.25, 0.3) is 0 Å². The van der Waals surface area contributed by atoms with Gasteiger partial charge < -0.3 is 16.4 Å². The lowest BCUT2D eigenvalue weighted by Crippen LogP contribution is -2.45. The minimum Gasteiger partial charge on any atom is -0.382 e. The minimum absolute atomic E-state index is 0.0768. The lowest BCUT2D eigenvalue weighted by Gasteiger charge is -2.43. The Kier molecular flexibility index (Phi) is 5.03. The summed E-state index contributed by atoms with van der Waals surface area (Å²) in [5.41, 5.74) is 15.8. The molecule has 35 heavy (non-hydrogen) atoms. The Bertz CT molecular complexity index is 1310. The Hall–Kier alpha value is -3.53. The molecular weight excluding hydrogens is 447 g/mol. The SMILES string of the molecule is Cc1nc(C(=O)N2CCCn3nccc32)c(N)nc1N1CCC2(CC1)Cc1ccc(F)cc1[C@H]2N. The number of nitrogens with zero attached hydrogens (tertiary/aromatic N) is 6. The van der Waals surface area contributed by atoms with E-state index >= 15 is 0 Å². The van der Waals surface area contributed by atoms with Crippen LogP contribution in [-0.4, -0.2) is 45.3 Å². The van der Waals surface area contributed by atoms with Gasteiger partial charge in [0.25, 0.3) is 5.91 Å². The summed E-state index contributed by atoms with van der Waals surface area (Å²) in [5, 5.41) is 4.27. The van der Waals surface area contributed by atoms with Gasteiger partial charge >= 0.3 is 0 Å². The molecule has 2 aliphatic heterocycles. The zero-order valence-electron chi connectivity index (χ0n) is 19.7. The van der Waals surface area contributed by atoms with Gasteiger partial charge in [0.15, 0.2) is 17.3 Å². The number of carbonyl (C=O) groups excluding carboxylic acids is 1. The number of piperidine rings is 1. The van der Waals surface area contributed by atoms with Gasteiger partial charge in [-0.25, -0.2) is 19.0 Å². The number of carbonyl (C=O) groups is 1. The van der Waals surface area contributed by atoms with Crippen LogP contribution in [0.4, 0.5) is 21.8 Å². The highest BCUT2D eigenvalue weighted by molar-refractivity contribution is 6.07. The first kappa shape index (κ1) is 22.0. The summed E-state index contributed by atoms with van der Waals surface area (Å²) >= 11 is 0. The van der Waals surface area contributed by atoms with Gasteiger partial charge in [-0.3, -0.25) is 9.69 Å². The number of fused-ring (bicyclic) bond motifs is 2. The van der Waals surface area contributed by atoms with E-state index < -0.39 is 0 Å². The molecule has 1 saturated heterocycles. The third kappa shape index (κ3) is 3.46. The van der Waals surface area contributed by atoms with Crippen molar-refractivity contribution in [2.24, 2.45) is 11.1 Å². The fraction of sp³-hybridized carbons (Fsp3) is 0.440. The molecule has 0 unspecified atom stereocenters. The van der Waals surface area contributed by atoms with Crippen LogP contribution in [0.2, 0.25) is 0 Å². The third-order valence-corrected chi connectivity index (χ3v) is 7.95. The molecule has 1 fully saturated rings. The van der Waals surface area contributed by atoms with Gasteiger partial charge in [0.2, 0.25) is 0 Å². The van der Waals surface area contributed by atoms with Crippen LogP contribution in [0.15, 0.2) is 30.5 Å². The van der Waals surface area contributed by atoms with Gasteiger partial charge in [0.1, 0.15) is 11.6 Å². The number of aryl methyl sites for hydroxylation is 2. The molecule has 4 N–H and O–H groups in total. The number of hydrogen-bond donors (Lipinski definition) is 2. The van der Waals surface area contributed by atoms with Crippen LogP contribution >= 0.6 is 0 Å². The minimum atomic E-state index is -0.259. The molecule has 4 heterocycles. The average Bonchev–Trinajstić information content (AvgIpc) is 3.44. The van der Waals surface area contributed by atoms with E-state index in [2.05, 4.69) is 20.0 Å². The van der Waals surface area contributed by atoms with Crippen molar-refractivity contribution in [3.8, 4) is 0 Å². The van der Waals surface area contributed by atoms with Crippen LogP contribution in [-0.2, 0) is 13.0 Å². The first-order valence-electron chi connectivity index (χ1n) is 12.1. The molecule has 1 aliphatic carbocycles. The molecule has 0 radical (unpaired) electrons. The largest absolute Gasteiger partial charge is 0.382 e. The van der Waals surface area contributed by atoms with E-state index in [-0.39, 0.29) is 34.7 Å². The molecule has 3 aromatic rings. The second kappa shape index (κ2) is 8.01. The zero-order chi connectivity index (χ0) is 24.3. The number of hydrogen-bond acceptors (Lipinski definition) is 7. The second-order valence-corrected chi connectivity index (χ2v) is 9.94. The Labute approximate surface area is 202 Å². The number of halogens is 1. The molecule has 1 spiro atoms. The molecule has 0 bridgehead atoms. The van der Waals surface area contributed by atoms with Gasteiger partial charge in [-0.2, -0.15) is 5.10 Å². The molecule has 1 aromatic carbocycles. The van der Waals surface area contributed by atoms with E-state index in [4.69, 9.17) is 11.5 Å². The Morgan fingerprint density at radius 1 is 1.14 bits per heavy atom. The molecule has 6 rings (SSSR count). The van der Waals surface area contributed by atoms with Crippen LogP contribution in [0.1, 0.15) is 52.6 Å². The number of nitrogen functional groups attached to an aromatic ring is 1. The number of nitrogens with two attached hydrogens (primary N) is 2. The van der Waals surface area contributed by atoms with E-state index in [0.29, 0.717) is 18.1 Å². The standard InChI is InChI=1S/C25H29FN8O/c1-15-23(31-22(28)20(30-15)24(35)33-9-2-10-34-19(33)5-8-29-34)32-11-6-25(7-12-32)14-16-3-4-17(26)13-18(16)21(25)27/h3-5,8,13,21H,2,6-7,9-12,14,27H2,1H3,(H2,28,31)/t21-/m1/s1. The normalized spacial score (nSPS) is 20.7. The zero-order valence-corrected chi connectivity index (χ0v) is 19.7. The predicted molar refractivity (Wildman–Crippen MR) is 131 cm³/mol. The van der Waals surface area contributed by atoms with Crippen molar-refractivity contribution in [3.05, 3.63) is 58.8 Å². The van der Waals surface area contributed by atoms with Crippen molar-refractivity contribution < 1.29 is 9.18 Å². The van der Waals surface area contributed by atoms with Crippen molar-refractivity contribution in [1.82, 2.24) is 19.7 Å². The fourth-order valence-corrected chi connectivity index (χ4v) is 6.02. The van der Waals surface area contributed by atoms with E-state index in [0.717, 1.165) is 62.3 Å². The first-order chi connectivity index (χ1) is 16.9. The predicted octanol–water partition coefficient (Wildman–Crippen LogP) is 2.60. The molecule has 10 heteroatoms. The molecule has 2 aromatic heterocycles. The van der Waals surface area contributed by atoms with Crippen molar-refractivity contribution in [2.45, 2.75) is 45.2 Å². The summed E-state index contributed by atoms with van der Waals surface area (Å²) in [6.45, 7) is 4.73. The maximum absolute atomic E-state index is 13.8. The Morgan fingerprint density at radius 3 is 2.74 bits per heavy atom. The maximum atomic E-state index is 13.8. The van der Waals surface area contributed by atoms with Crippen LogP contribution in [0.3, 0.4) is 0 Å². The van der Waals surface area contributed by atoms with E-state index in [9.17, 15) is 9.18 Å². The van der Waals surface area contributed by atoms with E-state index in [1.165, 1.54) is 6.07 Å². The smallest absolute Gasteiger partial charge is 0.281 e. The van der Waals surface area contributed by atoms with Gasteiger partial charge in [0, 0.05) is 38.3 Å². The van der Waals surface area contributed by atoms with Gasteiger partial charge in [-0.05, 0) is 61.3 Å². The van der Waals surface area contributed by atoms with Crippen molar-refractivity contribution >= 4 is 23.4 Å². The van der Waals surface area contributed by atoms with Crippen LogP contribution in [0, 0.1) is 18.2 Å². The lowest BCUT2D eigenvalue weighted by molar-refractivity contribution is 0.0977. The number of rotatable bonds is 2. The number of anilines is 3. The van der Waals surface area contributed by atoms with Crippen molar-refractivity contribution in [3.63, 3.8) is 0 Å². The monoisotopic (exact) mass is 476 g/mol. The van der Waals surface area contributed by atoms with Crippen molar-refractivity contribution in [2.75, 3.05) is 35.2 Å². The van der Waals surface area contributed by atoms with Crippen LogP contribution in [0.5, 0.6) is 0 Å². The van der Waals surface area contributed by atoms with Gasteiger partial charge in [-0.15, -0.1) is 0 Å². The highest BCUT2D eigenvalue weighted by Gasteiger charge is 2.46. The fourth-order valence-electron chi connectivity index (χ4n) is 6.02. The number of aromatic nitrogens is 4. The highest BCUT2D eigenvalue weighted by atomic mass is 19.1. The molecule has 9 nitrogen and oxygen atoms in total. The van der Waals surface area contributed by atoms with Crippen LogP contribution < -0.4 is 21.3 Å². The second-order valence-electron chi connectivity index (χ2n) is 9.94. The summed E-state index contributed by atoms with van der Waals surface area (Å²) in [6, 6.07) is 6.62. The highest BCUT2D eigenvalue weighted by Crippen LogP contribution is 2.51. The third-order valence-electron chi connectivity index (χ3n) is 7.95. The molecule has 3 aliphatic rings. The molecule has 1 amide bonds. The molecule has 182 valence electrons. The molecular formula is C25H29FN8O. The van der Waals surface area contributed by atoms with Crippen molar-refractivity contribution in [1.29, 1.82) is 0 Å². The average molecular weight is 477 g/mol. The van der Waals surface area contributed by atoms with E-state index in [1.54, 1.807) is 17.2 Å². The summed E-state index contributed by atoms with van der Waals surface area (Å²) in [4.78, 5) is 26.4. The maximum Gasteiger partial charge on any atom is 0.281 e. The van der Waals surface area contributed by atoms with Gasteiger partial charge in [-0.1, -0.05) is 6.07 Å².